The van der Waals surface area contributed by atoms with Crippen LogP contribution in [-0.2, 0) is 4.79 Å². The van der Waals surface area contributed by atoms with Crippen molar-refractivity contribution in [2.75, 3.05) is 40.9 Å². The Bertz CT molecular complexity index is 1240. The zero-order valence-corrected chi connectivity index (χ0v) is 20.8. The van der Waals surface area contributed by atoms with Crippen LogP contribution in [0.2, 0.25) is 0 Å². The van der Waals surface area contributed by atoms with E-state index >= 15 is 0 Å². The lowest BCUT2D eigenvalue weighted by Gasteiger charge is -2.13. The van der Waals surface area contributed by atoms with Crippen molar-refractivity contribution >= 4 is 29.8 Å². The van der Waals surface area contributed by atoms with Crippen LogP contribution in [0.25, 0.3) is 18.2 Å². The molecule has 0 atom stereocenters. The molecule has 0 aliphatic rings. The Morgan fingerprint density at radius 3 is 1.78 bits per heavy atom. The number of carbonyl (C=O) groups is 1. The van der Waals surface area contributed by atoms with Crippen LogP contribution in [0, 0.1) is 0 Å². The van der Waals surface area contributed by atoms with E-state index in [0.29, 0.717) is 22.8 Å². The third-order valence-corrected chi connectivity index (χ3v) is 5.27. The average Bonchev–Trinajstić information content (AvgIpc) is 2.91. The van der Waals surface area contributed by atoms with Gasteiger partial charge in [-0.3, -0.25) is 4.79 Å². The van der Waals surface area contributed by atoms with E-state index in [0.717, 1.165) is 16.9 Å². The van der Waals surface area contributed by atoms with Gasteiger partial charge in [-0.15, -0.1) is 0 Å². The van der Waals surface area contributed by atoms with Crippen molar-refractivity contribution in [3.8, 4) is 34.5 Å². The summed E-state index contributed by atoms with van der Waals surface area (Å²) >= 11 is 0. The lowest BCUT2D eigenvalue weighted by Crippen LogP contribution is -2.08. The Hall–Kier alpha value is -4.59. The van der Waals surface area contributed by atoms with E-state index in [-0.39, 0.29) is 17.2 Å². The van der Waals surface area contributed by atoms with E-state index in [2.05, 4.69) is 5.32 Å². The predicted molar refractivity (Wildman–Crippen MR) is 140 cm³/mol. The quantitative estimate of drug-likeness (QED) is 0.227. The third kappa shape index (κ3) is 6.29. The van der Waals surface area contributed by atoms with Crippen molar-refractivity contribution in [2.24, 2.45) is 0 Å². The number of aromatic hydroxyl groups is 1. The lowest BCUT2D eigenvalue weighted by atomic mass is 10.1. The average molecular weight is 492 g/mol. The summed E-state index contributed by atoms with van der Waals surface area (Å²) in [6.07, 6.45) is 6.69. The molecule has 3 aromatic carbocycles. The highest BCUT2D eigenvalue weighted by atomic mass is 16.5. The molecule has 0 radical (unpaired) electrons. The number of rotatable bonds is 10. The van der Waals surface area contributed by atoms with Gasteiger partial charge in [0.25, 0.3) is 0 Å². The molecular weight excluding hydrogens is 462 g/mol. The first-order valence-electron chi connectivity index (χ1n) is 10.9. The number of phenols is 1. The highest BCUT2D eigenvalue weighted by molar-refractivity contribution is 6.03. The number of ether oxygens (including phenoxy) is 5. The van der Waals surface area contributed by atoms with Crippen LogP contribution in [0.4, 0.5) is 5.69 Å². The number of hydrogen-bond donors (Lipinski definition) is 2. The summed E-state index contributed by atoms with van der Waals surface area (Å²) in [5.74, 6) is 1.91. The molecule has 0 aliphatic carbocycles. The highest BCUT2D eigenvalue weighted by Gasteiger charge is 2.13. The van der Waals surface area contributed by atoms with E-state index in [4.69, 9.17) is 23.7 Å². The number of benzene rings is 3. The Balaban J connectivity index is 1.84. The Morgan fingerprint density at radius 1 is 0.694 bits per heavy atom. The number of nitrogens with one attached hydrogen (secondary N) is 1. The van der Waals surface area contributed by atoms with Crippen LogP contribution in [0.1, 0.15) is 16.7 Å². The van der Waals surface area contributed by atoms with Crippen molar-refractivity contribution < 1.29 is 33.6 Å². The monoisotopic (exact) mass is 491 g/mol. The van der Waals surface area contributed by atoms with Crippen LogP contribution < -0.4 is 29.0 Å². The third-order valence-electron chi connectivity index (χ3n) is 5.27. The van der Waals surface area contributed by atoms with Crippen LogP contribution in [0.5, 0.6) is 34.5 Å². The molecule has 0 fully saturated rings. The van der Waals surface area contributed by atoms with Gasteiger partial charge in [0.05, 0.1) is 41.2 Å². The predicted octanol–water partition coefficient (Wildman–Crippen LogP) is 5.26. The minimum atomic E-state index is -0.408. The summed E-state index contributed by atoms with van der Waals surface area (Å²) in [7, 11) is 7.67. The topological polar surface area (TPSA) is 95.5 Å². The minimum Gasteiger partial charge on any atom is -0.503 e. The second kappa shape index (κ2) is 12.2. The Kier molecular flexibility index (Phi) is 8.83. The van der Waals surface area contributed by atoms with Crippen LogP contribution >= 0.6 is 0 Å². The van der Waals surface area contributed by atoms with E-state index in [9.17, 15) is 9.90 Å². The van der Waals surface area contributed by atoms with Gasteiger partial charge in [-0.1, -0.05) is 24.3 Å². The molecule has 0 aliphatic heterocycles. The van der Waals surface area contributed by atoms with E-state index in [1.807, 2.05) is 36.4 Å². The number of amides is 1. The van der Waals surface area contributed by atoms with Gasteiger partial charge in [-0.05, 0) is 59.2 Å². The van der Waals surface area contributed by atoms with Gasteiger partial charge in [-0.25, -0.2) is 0 Å². The minimum absolute atomic E-state index is 0.173. The summed E-state index contributed by atoms with van der Waals surface area (Å²) in [6, 6.07) is 14.2. The molecule has 1 amide bonds. The fraction of sp³-hybridized carbons (Fsp3) is 0.179. The number of methoxy groups -OCH3 is 5. The largest absolute Gasteiger partial charge is 0.503 e. The number of anilines is 1. The fourth-order valence-corrected chi connectivity index (χ4v) is 3.43. The zero-order chi connectivity index (χ0) is 26.1. The molecule has 188 valence electrons. The van der Waals surface area contributed by atoms with Gasteiger partial charge in [0.2, 0.25) is 11.7 Å². The maximum atomic E-state index is 12.5. The van der Waals surface area contributed by atoms with E-state index < -0.39 is 5.91 Å². The van der Waals surface area contributed by atoms with Crippen molar-refractivity contribution in [1.29, 1.82) is 0 Å². The molecule has 8 heteroatoms. The molecule has 0 saturated heterocycles. The molecule has 0 unspecified atom stereocenters. The molecule has 0 heterocycles. The second-order valence-electron chi connectivity index (χ2n) is 7.51. The zero-order valence-electron chi connectivity index (χ0n) is 20.8. The number of phenolic OH excluding ortho intramolecular Hbond substituents is 1. The van der Waals surface area contributed by atoms with Gasteiger partial charge in [0.1, 0.15) is 5.75 Å². The van der Waals surface area contributed by atoms with Gasteiger partial charge in [-0.2, -0.15) is 0 Å². The lowest BCUT2D eigenvalue weighted by molar-refractivity contribution is -0.111. The summed E-state index contributed by atoms with van der Waals surface area (Å²) < 4.78 is 26.6. The molecule has 3 aromatic rings. The molecule has 0 bridgehead atoms. The summed E-state index contributed by atoms with van der Waals surface area (Å²) in [5.41, 5.74) is 2.52. The maximum Gasteiger partial charge on any atom is 0.248 e. The fourth-order valence-electron chi connectivity index (χ4n) is 3.43. The molecule has 0 saturated carbocycles. The Labute approximate surface area is 210 Å². The summed E-state index contributed by atoms with van der Waals surface area (Å²) in [5, 5.41) is 13.2. The highest BCUT2D eigenvalue weighted by Crippen LogP contribution is 2.39. The molecule has 8 nitrogen and oxygen atoms in total. The van der Waals surface area contributed by atoms with Crippen LogP contribution in [0.3, 0.4) is 0 Å². The van der Waals surface area contributed by atoms with Gasteiger partial charge < -0.3 is 34.1 Å². The van der Waals surface area contributed by atoms with Crippen LogP contribution in [0.15, 0.2) is 54.6 Å². The van der Waals surface area contributed by atoms with Crippen molar-refractivity contribution in [3.05, 3.63) is 71.3 Å². The van der Waals surface area contributed by atoms with Crippen LogP contribution in [-0.4, -0.2) is 46.6 Å². The normalized spacial score (nSPS) is 10.9. The summed E-state index contributed by atoms with van der Waals surface area (Å²) in [4.78, 5) is 12.5. The molecule has 3 rings (SSSR count). The van der Waals surface area contributed by atoms with Crippen molar-refractivity contribution in [3.63, 3.8) is 0 Å². The smallest absolute Gasteiger partial charge is 0.248 e. The SMILES string of the molecule is COc1ccc(/C=C/C(=O)Nc2cc(C=Cc3cc(OC)c(OC)c(OC)c3)cc(OC)c2O)cc1. The standard InChI is InChI=1S/C28H29NO7/c1-32-21-11-8-18(9-12-21)10-13-26(30)29-22-14-19(15-23(33-2)27(22)31)6-7-20-16-24(34-3)28(36-5)25(17-20)35-4/h6-17,31H,1-5H3,(H,29,30)/b7-6?,13-10+. The van der Waals surface area contributed by atoms with E-state index in [1.165, 1.54) is 13.2 Å². The molecule has 0 spiro atoms. The van der Waals surface area contributed by atoms with E-state index in [1.54, 1.807) is 58.8 Å². The van der Waals surface area contributed by atoms with Crippen molar-refractivity contribution in [1.82, 2.24) is 0 Å². The molecule has 0 aromatic heterocycles. The Morgan fingerprint density at radius 2 is 1.25 bits per heavy atom. The molecule has 2 N–H and O–H groups in total. The molecular formula is C28H29NO7. The first-order valence-corrected chi connectivity index (χ1v) is 10.9. The van der Waals surface area contributed by atoms with Crippen molar-refractivity contribution in [2.45, 2.75) is 0 Å². The first-order chi connectivity index (χ1) is 17.4. The molecule has 36 heavy (non-hydrogen) atoms. The summed E-state index contributed by atoms with van der Waals surface area (Å²) in [6.45, 7) is 0. The van der Waals surface area contributed by atoms with Gasteiger partial charge in [0.15, 0.2) is 23.0 Å². The number of hydrogen-bond acceptors (Lipinski definition) is 7. The second-order valence-corrected chi connectivity index (χ2v) is 7.51. The van der Waals surface area contributed by atoms with Gasteiger partial charge in [0, 0.05) is 6.08 Å². The number of carbonyl (C=O) groups excluding carboxylic acids is 1. The maximum absolute atomic E-state index is 12.5. The first kappa shape index (κ1) is 26.0. The van der Waals surface area contributed by atoms with Gasteiger partial charge >= 0.3 is 0 Å².